The summed E-state index contributed by atoms with van der Waals surface area (Å²) in [7, 11) is 1.69. The summed E-state index contributed by atoms with van der Waals surface area (Å²) >= 11 is 0. The van der Waals surface area contributed by atoms with Crippen molar-refractivity contribution in [3.8, 4) is 0 Å². The summed E-state index contributed by atoms with van der Waals surface area (Å²) in [6, 6.07) is 6.34. The Kier molecular flexibility index (Phi) is 7.03. The van der Waals surface area contributed by atoms with E-state index in [1.165, 1.54) is 18.6 Å². The van der Waals surface area contributed by atoms with E-state index in [0.717, 1.165) is 25.1 Å². The second-order valence-electron chi connectivity index (χ2n) is 6.32. The van der Waals surface area contributed by atoms with Crippen LogP contribution in [-0.2, 0) is 11.3 Å². The molecule has 0 aliphatic carbocycles. The molecule has 1 amide bonds. The Morgan fingerprint density at radius 1 is 1.33 bits per heavy atom. The predicted octanol–water partition coefficient (Wildman–Crippen LogP) is 2.14. The molecule has 1 heterocycles. The van der Waals surface area contributed by atoms with Crippen LogP contribution in [0.1, 0.15) is 31.7 Å². The van der Waals surface area contributed by atoms with Crippen molar-refractivity contribution in [2.24, 2.45) is 10.9 Å². The van der Waals surface area contributed by atoms with Crippen molar-refractivity contribution in [3.63, 3.8) is 0 Å². The molecule has 1 unspecified atom stereocenters. The monoisotopic (exact) mass is 334 g/mol. The third-order valence-corrected chi connectivity index (χ3v) is 4.24. The zero-order valence-electron chi connectivity index (χ0n) is 14.5. The number of nitrogens with one attached hydrogen (secondary N) is 2. The third kappa shape index (κ3) is 5.83. The van der Waals surface area contributed by atoms with Gasteiger partial charge in [-0.15, -0.1) is 0 Å². The Balaban J connectivity index is 1.69. The minimum absolute atomic E-state index is 0.197. The van der Waals surface area contributed by atoms with E-state index in [2.05, 4.69) is 22.5 Å². The number of benzene rings is 1. The number of likely N-dealkylation sites (tertiary alicyclic amines) is 1. The first-order valence-electron chi connectivity index (χ1n) is 8.55. The van der Waals surface area contributed by atoms with Gasteiger partial charge in [-0.05, 0) is 36.5 Å². The van der Waals surface area contributed by atoms with Gasteiger partial charge < -0.3 is 15.5 Å². The van der Waals surface area contributed by atoms with Crippen molar-refractivity contribution in [1.29, 1.82) is 0 Å². The van der Waals surface area contributed by atoms with E-state index in [4.69, 9.17) is 0 Å². The Morgan fingerprint density at radius 3 is 2.75 bits per heavy atom. The van der Waals surface area contributed by atoms with Gasteiger partial charge in [0.1, 0.15) is 5.82 Å². The normalized spacial score (nSPS) is 18.4. The van der Waals surface area contributed by atoms with Crippen molar-refractivity contribution in [2.75, 3.05) is 26.7 Å². The summed E-state index contributed by atoms with van der Waals surface area (Å²) < 4.78 is 12.9. The molecule has 1 aliphatic rings. The molecule has 1 aromatic carbocycles. The lowest BCUT2D eigenvalue weighted by atomic mass is 10.00. The van der Waals surface area contributed by atoms with E-state index in [9.17, 15) is 9.18 Å². The highest BCUT2D eigenvalue weighted by Crippen LogP contribution is 2.15. The summed E-state index contributed by atoms with van der Waals surface area (Å²) in [4.78, 5) is 18.3. The van der Waals surface area contributed by atoms with E-state index in [-0.39, 0.29) is 11.7 Å². The molecular weight excluding hydrogens is 307 g/mol. The van der Waals surface area contributed by atoms with E-state index in [0.29, 0.717) is 31.4 Å². The molecule has 0 spiro atoms. The topological polar surface area (TPSA) is 56.7 Å². The van der Waals surface area contributed by atoms with Crippen LogP contribution in [0.5, 0.6) is 0 Å². The van der Waals surface area contributed by atoms with Crippen molar-refractivity contribution in [2.45, 2.75) is 32.7 Å². The molecular formula is C18H27FN4O. The maximum absolute atomic E-state index is 12.9. The molecule has 0 bridgehead atoms. The number of hydrogen-bond acceptors (Lipinski definition) is 2. The molecule has 0 aromatic heterocycles. The maximum Gasteiger partial charge on any atom is 0.224 e. The molecule has 1 aromatic rings. The van der Waals surface area contributed by atoms with E-state index in [1.54, 1.807) is 19.2 Å². The highest BCUT2D eigenvalue weighted by molar-refractivity contribution is 5.81. The van der Waals surface area contributed by atoms with Crippen molar-refractivity contribution in [3.05, 3.63) is 35.6 Å². The van der Waals surface area contributed by atoms with Gasteiger partial charge in [-0.25, -0.2) is 4.39 Å². The SMILES string of the molecule is CN=C(NCCC(=O)N1CCCC(C)C1)NCc1ccc(F)cc1. The first kappa shape index (κ1) is 18.2. The van der Waals surface area contributed by atoms with Gasteiger partial charge in [-0.2, -0.15) is 0 Å². The second-order valence-corrected chi connectivity index (χ2v) is 6.32. The fraction of sp³-hybridized carbons (Fsp3) is 0.556. The van der Waals surface area contributed by atoms with Gasteiger partial charge in [0.2, 0.25) is 5.91 Å². The lowest BCUT2D eigenvalue weighted by Gasteiger charge is -2.31. The van der Waals surface area contributed by atoms with Gasteiger partial charge in [0.15, 0.2) is 5.96 Å². The first-order chi connectivity index (χ1) is 11.6. The van der Waals surface area contributed by atoms with E-state index >= 15 is 0 Å². The molecule has 24 heavy (non-hydrogen) atoms. The molecule has 2 N–H and O–H groups in total. The standard InChI is InChI=1S/C18H27FN4O/c1-14-4-3-11-23(13-14)17(24)9-10-21-18(20-2)22-12-15-5-7-16(19)8-6-15/h5-8,14H,3-4,9-13H2,1-2H3,(H2,20,21,22). The molecule has 1 atom stereocenters. The van der Waals surface area contributed by atoms with Gasteiger partial charge in [0.25, 0.3) is 0 Å². The van der Waals surface area contributed by atoms with Crippen LogP contribution in [0.3, 0.4) is 0 Å². The van der Waals surface area contributed by atoms with E-state index in [1.807, 2.05) is 4.90 Å². The fourth-order valence-corrected chi connectivity index (χ4v) is 2.87. The largest absolute Gasteiger partial charge is 0.356 e. The number of nitrogens with zero attached hydrogens (tertiary/aromatic N) is 2. The Morgan fingerprint density at radius 2 is 2.08 bits per heavy atom. The zero-order valence-corrected chi connectivity index (χ0v) is 14.5. The summed E-state index contributed by atoms with van der Waals surface area (Å²) in [5.74, 6) is 1.19. The first-order valence-corrected chi connectivity index (χ1v) is 8.55. The van der Waals surface area contributed by atoms with Crippen molar-refractivity contribution in [1.82, 2.24) is 15.5 Å². The van der Waals surface area contributed by atoms with Crippen molar-refractivity contribution < 1.29 is 9.18 Å². The van der Waals surface area contributed by atoms with Gasteiger partial charge in [-0.1, -0.05) is 19.1 Å². The number of aliphatic imine (C=N–C) groups is 1. The second kappa shape index (κ2) is 9.25. The molecule has 2 rings (SSSR count). The summed E-state index contributed by atoms with van der Waals surface area (Å²) in [6.07, 6.45) is 2.77. The number of rotatable bonds is 5. The number of amides is 1. The lowest BCUT2D eigenvalue weighted by molar-refractivity contribution is -0.132. The number of carbonyl (C=O) groups excluding carboxylic acids is 1. The van der Waals surface area contributed by atoms with Crippen LogP contribution in [0.25, 0.3) is 0 Å². The molecule has 0 saturated carbocycles. The number of carbonyl (C=O) groups is 1. The van der Waals surface area contributed by atoms with Gasteiger partial charge in [0, 0.05) is 39.6 Å². The van der Waals surface area contributed by atoms with Crippen LogP contribution >= 0.6 is 0 Å². The van der Waals surface area contributed by atoms with Crippen LogP contribution in [0.4, 0.5) is 4.39 Å². The predicted molar refractivity (Wildman–Crippen MR) is 94.2 cm³/mol. The molecule has 5 nitrogen and oxygen atoms in total. The van der Waals surface area contributed by atoms with Crippen LogP contribution in [-0.4, -0.2) is 43.4 Å². The van der Waals surface area contributed by atoms with Crippen LogP contribution in [0.15, 0.2) is 29.3 Å². The smallest absolute Gasteiger partial charge is 0.224 e. The molecule has 1 aliphatic heterocycles. The molecule has 6 heteroatoms. The lowest BCUT2D eigenvalue weighted by Crippen LogP contribution is -2.42. The molecule has 0 radical (unpaired) electrons. The summed E-state index contributed by atoms with van der Waals surface area (Å²) in [5, 5.41) is 6.31. The average Bonchev–Trinajstić information content (AvgIpc) is 2.59. The van der Waals surface area contributed by atoms with Crippen LogP contribution in [0, 0.1) is 11.7 Å². The fourth-order valence-electron chi connectivity index (χ4n) is 2.87. The van der Waals surface area contributed by atoms with Gasteiger partial charge in [-0.3, -0.25) is 9.79 Å². The quantitative estimate of drug-likeness (QED) is 0.641. The highest BCUT2D eigenvalue weighted by Gasteiger charge is 2.20. The average molecular weight is 334 g/mol. The maximum atomic E-state index is 12.9. The molecule has 1 fully saturated rings. The van der Waals surface area contributed by atoms with Crippen LogP contribution < -0.4 is 10.6 Å². The number of halogens is 1. The summed E-state index contributed by atoms with van der Waals surface area (Å²) in [6.45, 7) is 5.04. The molecule has 1 saturated heterocycles. The van der Waals surface area contributed by atoms with E-state index < -0.39 is 0 Å². The van der Waals surface area contributed by atoms with Gasteiger partial charge >= 0.3 is 0 Å². The Hall–Kier alpha value is -2.11. The number of piperidine rings is 1. The Bertz CT molecular complexity index is 559. The third-order valence-electron chi connectivity index (χ3n) is 4.24. The highest BCUT2D eigenvalue weighted by atomic mass is 19.1. The van der Waals surface area contributed by atoms with Crippen LogP contribution in [0.2, 0.25) is 0 Å². The van der Waals surface area contributed by atoms with Gasteiger partial charge in [0.05, 0.1) is 0 Å². The molecule has 132 valence electrons. The van der Waals surface area contributed by atoms with Crippen molar-refractivity contribution >= 4 is 11.9 Å². The minimum Gasteiger partial charge on any atom is -0.356 e. The summed E-state index contributed by atoms with van der Waals surface area (Å²) in [5.41, 5.74) is 0.970. The number of guanidine groups is 1. The minimum atomic E-state index is -0.244. The number of hydrogen-bond donors (Lipinski definition) is 2. The Labute approximate surface area is 143 Å². The zero-order chi connectivity index (χ0) is 17.4.